The number of hydrogen-bond acceptors (Lipinski definition) is 5. The van der Waals surface area contributed by atoms with E-state index < -0.39 is 36.9 Å². The Morgan fingerprint density at radius 1 is 0.389 bits per heavy atom. The number of aliphatic hydroxyl groups excluding tert-OH is 4. The fourth-order valence-electron chi connectivity index (χ4n) is 7.94. The lowest BCUT2D eigenvalue weighted by molar-refractivity contribution is -0.132. The second-order valence-corrected chi connectivity index (χ2v) is 17.2. The summed E-state index contributed by atoms with van der Waals surface area (Å²) in [5, 5.41) is 43.7. The van der Waals surface area contributed by atoms with Gasteiger partial charge in [-0.2, -0.15) is 0 Å². The molecule has 0 aromatic carbocycles. The van der Waals surface area contributed by atoms with Gasteiger partial charge in [0.2, 0.25) is 5.91 Å². The Kier molecular flexibility index (Phi) is 42.9. The predicted molar refractivity (Wildman–Crippen MR) is 233 cm³/mol. The molecule has 0 aromatic rings. The molecule has 4 atom stereocenters. The number of nitrogens with one attached hydrogen (secondary N) is 1. The van der Waals surface area contributed by atoms with Gasteiger partial charge in [-0.25, -0.2) is 0 Å². The van der Waals surface area contributed by atoms with Crippen LogP contribution in [0.1, 0.15) is 271 Å². The first-order valence-electron chi connectivity index (χ1n) is 24.4. The van der Waals surface area contributed by atoms with Crippen molar-refractivity contribution in [2.45, 2.75) is 295 Å². The highest BCUT2D eigenvalue weighted by atomic mass is 16.3. The van der Waals surface area contributed by atoms with Gasteiger partial charge in [-0.3, -0.25) is 4.79 Å². The topological polar surface area (TPSA) is 110 Å². The van der Waals surface area contributed by atoms with E-state index in [1.54, 1.807) is 0 Å². The van der Waals surface area contributed by atoms with Crippen LogP contribution in [0.25, 0.3) is 0 Å². The number of carbonyl (C=O) groups is 1. The third-order valence-corrected chi connectivity index (χ3v) is 11.8. The average molecular weight is 768 g/mol. The summed E-state index contributed by atoms with van der Waals surface area (Å²) in [5.41, 5.74) is 0. The van der Waals surface area contributed by atoms with Crippen LogP contribution in [0, 0.1) is 0 Å². The maximum Gasteiger partial charge on any atom is 0.249 e. The minimum atomic E-state index is -1.25. The van der Waals surface area contributed by atoms with E-state index in [0.717, 1.165) is 38.5 Å². The van der Waals surface area contributed by atoms with E-state index in [0.29, 0.717) is 12.8 Å². The lowest BCUT2D eigenvalue weighted by atomic mass is 9.99. The van der Waals surface area contributed by atoms with Gasteiger partial charge in [0.05, 0.1) is 18.8 Å². The fourth-order valence-corrected chi connectivity index (χ4v) is 7.94. The van der Waals surface area contributed by atoms with E-state index in [4.69, 9.17) is 0 Å². The van der Waals surface area contributed by atoms with Crippen LogP contribution < -0.4 is 5.32 Å². The normalized spacial score (nSPS) is 14.0. The molecule has 0 aromatic heterocycles. The first-order chi connectivity index (χ1) is 26.5. The zero-order chi connectivity index (χ0) is 39.6. The van der Waals surface area contributed by atoms with Crippen LogP contribution in [0.2, 0.25) is 0 Å². The van der Waals surface area contributed by atoms with E-state index in [1.807, 2.05) is 0 Å². The molecule has 0 aliphatic heterocycles. The van der Waals surface area contributed by atoms with Crippen molar-refractivity contribution in [2.24, 2.45) is 0 Å². The van der Waals surface area contributed by atoms with Crippen molar-refractivity contribution in [1.82, 2.24) is 5.32 Å². The molecule has 0 spiro atoms. The van der Waals surface area contributed by atoms with Crippen LogP contribution >= 0.6 is 0 Å². The number of unbranched alkanes of at least 4 members (excludes halogenated alkanes) is 36. The summed E-state index contributed by atoms with van der Waals surface area (Å²) in [7, 11) is 0. The van der Waals surface area contributed by atoms with Gasteiger partial charge in [0.1, 0.15) is 12.2 Å². The summed E-state index contributed by atoms with van der Waals surface area (Å²) in [5.74, 6) is -0.581. The molecular weight excluding hydrogens is 671 g/mol. The minimum Gasteiger partial charge on any atom is -0.394 e. The molecule has 0 saturated carbocycles. The van der Waals surface area contributed by atoms with Crippen molar-refractivity contribution in [2.75, 3.05) is 6.61 Å². The van der Waals surface area contributed by atoms with E-state index in [1.165, 1.54) is 205 Å². The van der Waals surface area contributed by atoms with Gasteiger partial charge in [-0.05, 0) is 12.8 Å². The predicted octanol–water partition coefficient (Wildman–Crippen LogP) is 13.2. The van der Waals surface area contributed by atoms with Crippen molar-refractivity contribution < 1.29 is 25.2 Å². The van der Waals surface area contributed by atoms with E-state index in [2.05, 4.69) is 19.2 Å². The number of hydrogen-bond donors (Lipinski definition) is 5. The Hall–Kier alpha value is -0.690. The molecule has 4 unspecified atom stereocenters. The molecule has 1 amide bonds. The number of carbonyl (C=O) groups excluding carboxylic acids is 1. The standard InChI is InChI=1S/C48H97NO5/c1-3-5-7-9-11-13-15-16-17-18-19-20-21-22-23-24-25-26-27-28-29-30-32-33-35-37-39-41-45(51)47(53)44(43-50)49-48(54)46(52)42-40-38-36-34-31-14-12-10-8-6-4-2/h44-47,50-53H,3-43H2,1-2H3,(H,49,54). The summed E-state index contributed by atoms with van der Waals surface area (Å²) in [6.45, 7) is 4.06. The molecule has 324 valence electrons. The van der Waals surface area contributed by atoms with Gasteiger partial charge >= 0.3 is 0 Å². The average Bonchev–Trinajstić information content (AvgIpc) is 3.18. The smallest absolute Gasteiger partial charge is 0.249 e. The van der Waals surface area contributed by atoms with Crippen LogP contribution in [0.4, 0.5) is 0 Å². The van der Waals surface area contributed by atoms with Gasteiger partial charge in [0, 0.05) is 0 Å². The Morgan fingerprint density at radius 3 is 0.889 bits per heavy atom. The van der Waals surface area contributed by atoms with Crippen LogP contribution in [-0.2, 0) is 4.79 Å². The van der Waals surface area contributed by atoms with Crippen molar-refractivity contribution in [3.8, 4) is 0 Å². The third kappa shape index (κ3) is 36.9. The Bertz CT molecular complexity index is 736. The van der Waals surface area contributed by atoms with Crippen molar-refractivity contribution in [3.63, 3.8) is 0 Å². The maximum absolute atomic E-state index is 12.5. The number of amides is 1. The summed E-state index contributed by atoms with van der Waals surface area (Å²) in [6, 6.07) is -0.978. The highest BCUT2D eigenvalue weighted by Gasteiger charge is 2.28. The molecule has 0 bridgehead atoms. The van der Waals surface area contributed by atoms with Crippen molar-refractivity contribution in [3.05, 3.63) is 0 Å². The lowest BCUT2D eigenvalue weighted by Crippen LogP contribution is -2.53. The zero-order valence-corrected chi connectivity index (χ0v) is 36.5. The molecule has 6 heteroatoms. The molecule has 0 heterocycles. The van der Waals surface area contributed by atoms with Crippen molar-refractivity contribution in [1.29, 1.82) is 0 Å². The van der Waals surface area contributed by atoms with Gasteiger partial charge in [0.15, 0.2) is 0 Å². The highest BCUT2D eigenvalue weighted by molar-refractivity contribution is 5.80. The third-order valence-electron chi connectivity index (χ3n) is 11.8. The molecular formula is C48H97NO5. The van der Waals surface area contributed by atoms with Gasteiger partial charge in [0.25, 0.3) is 0 Å². The number of aliphatic hydroxyl groups is 4. The quantitative estimate of drug-likeness (QED) is 0.0396. The van der Waals surface area contributed by atoms with Crippen LogP contribution in [0.3, 0.4) is 0 Å². The first kappa shape index (κ1) is 53.3. The zero-order valence-electron chi connectivity index (χ0n) is 36.5. The molecule has 6 nitrogen and oxygen atoms in total. The lowest BCUT2D eigenvalue weighted by Gasteiger charge is -2.27. The van der Waals surface area contributed by atoms with Crippen LogP contribution in [0.15, 0.2) is 0 Å². The summed E-state index contributed by atoms with van der Waals surface area (Å²) in [4.78, 5) is 12.5. The van der Waals surface area contributed by atoms with Crippen molar-refractivity contribution >= 4 is 5.91 Å². The van der Waals surface area contributed by atoms with Crippen LogP contribution in [-0.4, -0.2) is 57.3 Å². The van der Waals surface area contributed by atoms with Crippen LogP contribution in [0.5, 0.6) is 0 Å². The SMILES string of the molecule is CCCCCCCCCCCCCCCCCCCCCCCCCCCCCC(O)C(O)C(CO)NC(=O)C(O)CCCCCCCCCCCCC. The molecule has 0 aliphatic rings. The Balaban J connectivity index is 3.57. The molecule has 0 aliphatic carbocycles. The molecule has 0 fully saturated rings. The summed E-state index contributed by atoms with van der Waals surface area (Å²) in [6.07, 6.45) is 47.3. The second kappa shape index (κ2) is 43.4. The molecule has 54 heavy (non-hydrogen) atoms. The molecule has 0 radical (unpaired) electrons. The Morgan fingerprint density at radius 2 is 0.630 bits per heavy atom. The summed E-state index contributed by atoms with van der Waals surface area (Å²) >= 11 is 0. The van der Waals surface area contributed by atoms with E-state index in [-0.39, 0.29) is 0 Å². The van der Waals surface area contributed by atoms with Gasteiger partial charge < -0.3 is 25.7 Å². The highest BCUT2D eigenvalue weighted by Crippen LogP contribution is 2.18. The van der Waals surface area contributed by atoms with Gasteiger partial charge in [-0.1, -0.05) is 258 Å². The molecule has 0 rings (SSSR count). The molecule has 5 N–H and O–H groups in total. The molecule has 0 saturated heterocycles. The minimum absolute atomic E-state index is 0.374. The van der Waals surface area contributed by atoms with E-state index in [9.17, 15) is 25.2 Å². The monoisotopic (exact) mass is 768 g/mol. The fraction of sp³-hybridized carbons (Fsp3) is 0.979. The maximum atomic E-state index is 12.5. The largest absolute Gasteiger partial charge is 0.394 e. The van der Waals surface area contributed by atoms with Gasteiger partial charge in [-0.15, -0.1) is 0 Å². The Labute approximate surface area is 337 Å². The first-order valence-corrected chi connectivity index (χ1v) is 24.4. The van der Waals surface area contributed by atoms with E-state index >= 15 is 0 Å². The summed E-state index contributed by atoms with van der Waals surface area (Å²) < 4.78 is 0. The second-order valence-electron chi connectivity index (χ2n) is 17.2. The number of rotatable bonds is 45.